The maximum Gasteiger partial charge on any atom is 0.242 e. The van der Waals surface area contributed by atoms with E-state index in [9.17, 15) is 4.79 Å². The number of fused-ring (bicyclic) bond motifs is 1. The average molecular weight is 508 g/mol. The number of aryl methyl sites for hydroxylation is 2. The van der Waals surface area contributed by atoms with Crippen LogP contribution < -0.4 is 10.6 Å². The number of hydrogen-bond acceptors (Lipinski definition) is 7. The van der Waals surface area contributed by atoms with E-state index in [2.05, 4.69) is 71.0 Å². The third-order valence-electron chi connectivity index (χ3n) is 6.55. The third kappa shape index (κ3) is 5.10. The highest BCUT2D eigenvalue weighted by Crippen LogP contribution is 2.28. The van der Waals surface area contributed by atoms with Gasteiger partial charge in [-0.05, 0) is 50.9 Å². The predicted octanol–water partition coefficient (Wildman–Crippen LogP) is 3.20. The Labute approximate surface area is 221 Å². The molecule has 0 aliphatic heterocycles. The molecule has 10 heteroatoms. The molecule has 5 rings (SSSR count). The molecule has 10 nitrogen and oxygen atoms in total. The molecule has 4 heterocycles. The lowest BCUT2D eigenvalue weighted by atomic mass is 9.93. The molecule has 1 aliphatic rings. The minimum absolute atomic E-state index is 0.193. The summed E-state index contributed by atoms with van der Waals surface area (Å²) in [7, 11) is 3.62. The van der Waals surface area contributed by atoms with Gasteiger partial charge in [0.25, 0.3) is 0 Å². The van der Waals surface area contributed by atoms with Gasteiger partial charge in [0.15, 0.2) is 5.65 Å². The van der Waals surface area contributed by atoms with Crippen molar-refractivity contribution in [1.82, 2.24) is 39.4 Å². The monoisotopic (exact) mass is 507 g/mol. The zero-order valence-corrected chi connectivity index (χ0v) is 22.0. The number of anilines is 1. The van der Waals surface area contributed by atoms with Crippen molar-refractivity contribution in [3.63, 3.8) is 0 Å². The number of allylic oxidation sites excluding steroid dienone is 4. The quantitative estimate of drug-likeness (QED) is 0.399. The summed E-state index contributed by atoms with van der Waals surface area (Å²) in [6.45, 7) is 5.93. The number of pyridine rings is 1. The molecule has 0 fully saturated rings. The van der Waals surface area contributed by atoms with E-state index in [1.165, 1.54) is 6.33 Å². The van der Waals surface area contributed by atoms with Gasteiger partial charge < -0.3 is 19.8 Å². The number of hydrogen-bond donors (Lipinski definition) is 2. The van der Waals surface area contributed by atoms with E-state index in [0.717, 1.165) is 22.3 Å². The first-order valence-corrected chi connectivity index (χ1v) is 12.4. The molecular weight excluding hydrogens is 478 g/mol. The van der Waals surface area contributed by atoms with Gasteiger partial charge in [-0.25, -0.2) is 24.9 Å². The predicted molar refractivity (Wildman–Crippen MR) is 146 cm³/mol. The Kier molecular flexibility index (Phi) is 6.85. The van der Waals surface area contributed by atoms with E-state index in [-0.39, 0.29) is 23.9 Å². The number of amides is 1. The van der Waals surface area contributed by atoms with Gasteiger partial charge in [0.2, 0.25) is 5.91 Å². The fraction of sp³-hybridized carbons (Fsp3) is 0.286. The minimum atomic E-state index is -0.385. The molecular formula is C28H29N9O. The maximum atomic E-state index is 12.6. The lowest BCUT2D eigenvalue weighted by Gasteiger charge is -2.22. The number of imidazole rings is 2. The summed E-state index contributed by atoms with van der Waals surface area (Å²) < 4.78 is 3.99. The molecule has 1 aliphatic carbocycles. The van der Waals surface area contributed by atoms with Crippen LogP contribution in [0.25, 0.3) is 22.4 Å². The van der Waals surface area contributed by atoms with Gasteiger partial charge in [0.05, 0.1) is 36.1 Å². The highest BCUT2D eigenvalue weighted by atomic mass is 16.2. The summed E-state index contributed by atoms with van der Waals surface area (Å²) >= 11 is 0. The smallest absolute Gasteiger partial charge is 0.242 e. The number of aromatic nitrogens is 7. The zero-order chi connectivity index (χ0) is 26.8. The second-order valence-electron chi connectivity index (χ2n) is 9.42. The van der Waals surface area contributed by atoms with E-state index in [1.807, 2.05) is 43.2 Å². The first-order valence-electron chi connectivity index (χ1n) is 12.4. The summed E-state index contributed by atoms with van der Waals surface area (Å²) in [5.41, 5.74) is 5.22. The summed E-state index contributed by atoms with van der Waals surface area (Å²) in [5, 5.41) is 5.83. The zero-order valence-electron chi connectivity index (χ0n) is 22.0. The first kappa shape index (κ1) is 25.0. The first-order chi connectivity index (χ1) is 18.3. The number of likely N-dealkylation sites (N-methyl/N-ethyl adjacent to an activating group) is 1. The van der Waals surface area contributed by atoms with Crippen molar-refractivity contribution >= 4 is 22.9 Å². The van der Waals surface area contributed by atoms with Crippen molar-refractivity contribution < 1.29 is 4.79 Å². The van der Waals surface area contributed by atoms with Crippen molar-refractivity contribution in [2.45, 2.75) is 32.9 Å². The number of nitrogens with zero attached hydrogens (tertiary/aromatic N) is 7. The Morgan fingerprint density at radius 2 is 1.97 bits per heavy atom. The summed E-state index contributed by atoms with van der Waals surface area (Å²) in [6.07, 6.45) is 13.4. The van der Waals surface area contributed by atoms with Crippen molar-refractivity contribution in [3.8, 4) is 23.1 Å². The lowest BCUT2D eigenvalue weighted by Crippen LogP contribution is -2.35. The summed E-state index contributed by atoms with van der Waals surface area (Å²) in [5.74, 6) is 6.87. The van der Waals surface area contributed by atoms with E-state index >= 15 is 0 Å². The Bertz CT molecular complexity index is 1630. The fourth-order valence-corrected chi connectivity index (χ4v) is 4.37. The Morgan fingerprint density at radius 3 is 2.71 bits per heavy atom. The number of nitrogens with one attached hydrogen (secondary N) is 2. The second kappa shape index (κ2) is 10.4. The van der Waals surface area contributed by atoms with Crippen molar-refractivity contribution in [3.05, 3.63) is 72.5 Å². The van der Waals surface area contributed by atoms with E-state index < -0.39 is 0 Å². The van der Waals surface area contributed by atoms with Gasteiger partial charge >= 0.3 is 0 Å². The molecule has 1 amide bonds. The van der Waals surface area contributed by atoms with Gasteiger partial charge in [-0.2, -0.15) is 0 Å². The molecule has 0 bridgehead atoms. The third-order valence-corrected chi connectivity index (χ3v) is 6.55. The van der Waals surface area contributed by atoms with E-state index in [1.54, 1.807) is 26.4 Å². The molecule has 4 aromatic heterocycles. The van der Waals surface area contributed by atoms with Crippen LogP contribution >= 0.6 is 0 Å². The van der Waals surface area contributed by atoms with Crippen LogP contribution in [0.4, 0.5) is 5.82 Å². The average Bonchev–Trinajstić information content (AvgIpc) is 3.52. The number of rotatable bonds is 5. The minimum Gasteiger partial charge on any atom is -0.331 e. The summed E-state index contributed by atoms with van der Waals surface area (Å²) in [6, 6.07) is 3.47. The Morgan fingerprint density at radius 1 is 1.13 bits per heavy atom. The van der Waals surface area contributed by atoms with Crippen LogP contribution in [0.3, 0.4) is 0 Å². The van der Waals surface area contributed by atoms with Crippen molar-refractivity contribution in [1.29, 1.82) is 0 Å². The van der Waals surface area contributed by atoms with Crippen LogP contribution in [0.2, 0.25) is 0 Å². The highest BCUT2D eigenvalue weighted by molar-refractivity contribution is 5.95. The number of carbonyl (C=O) groups excluding carboxylic acids is 1. The Hall–Kier alpha value is -4.62. The van der Waals surface area contributed by atoms with Crippen LogP contribution in [0.1, 0.15) is 31.3 Å². The Balaban J connectivity index is 1.50. The normalized spacial score (nSPS) is 17.6. The topological polar surface area (TPSA) is 115 Å². The van der Waals surface area contributed by atoms with Crippen LogP contribution in [0.15, 0.2) is 61.1 Å². The highest BCUT2D eigenvalue weighted by Gasteiger charge is 2.19. The van der Waals surface area contributed by atoms with Crippen molar-refractivity contribution in [2.75, 3.05) is 12.4 Å². The molecule has 4 aromatic rings. The van der Waals surface area contributed by atoms with Gasteiger partial charge in [-0.15, -0.1) is 0 Å². The van der Waals surface area contributed by atoms with Gasteiger partial charge in [-0.1, -0.05) is 25.0 Å². The molecule has 0 saturated carbocycles. The standard InChI is InChI=1S/C28H29N9O/c1-17-10-20(7-9-23(17)37-13-18(2)32-16-37)6-8-22-11-21(12-24(34-22)35-28(38)19(3)29-4)25-26-27(31-14-30-25)33-15-36(26)5/h7,9-17,19,23,29H,1-5H3,(H,34,35,38). The van der Waals surface area contributed by atoms with Gasteiger partial charge in [0, 0.05) is 24.4 Å². The van der Waals surface area contributed by atoms with Gasteiger partial charge in [-0.3, -0.25) is 4.79 Å². The summed E-state index contributed by atoms with van der Waals surface area (Å²) in [4.78, 5) is 34.7. The van der Waals surface area contributed by atoms with E-state index in [0.29, 0.717) is 22.9 Å². The SMILES string of the molecule is CNC(C)C(=O)Nc1cc(-c2ncnc3ncn(C)c23)cc(C#CC2=CC(C)C(n3cnc(C)c3)C=C2)n1. The van der Waals surface area contributed by atoms with Crippen LogP contribution in [0, 0.1) is 24.7 Å². The molecule has 0 spiro atoms. The maximum absolute atomic E-state index is 12.6. The molecule has 2 N–H and O–H groups in total. The van der Waals surface area contributed by atoms with E-state index in [4.69, 9.17) is 0 Å². The van der Waals surface area contributed by atoms with Crippen LogP contribution in [-0.2, 0) is 11.8 Å². The van der Waals surface area contributed by atoms with Gasteiger partial charge in [0.1, 0.15) is 23.4 Å². The lowest BCUT2D eigenvalue weighted by molar-refractivity contribution is -0.117. The number of carbonyl (C=O) groups is 1. The van der Waals surface area contributed by atoms with Crippen molar-refractivity contribution in [2.24, 2.45) is 13.0 Å². The molecule has 38 heavy (non-hydrogen) atoms. The largest absolute Gasteiger partial charge is 0.331 e. The molecule has 3 unspecified atom stereocenters. The molecule has 0 radical (unpaired) electrons. The fourth-order valence-electron chi connectivity index (χ4n) is 4.37. The van der Waals surface area contributed by atoms with Crippen LogP contribution in [-0.4, -0.2) is 53.1 Å². The molecule has 0 aromatic carbocycles. The molecule has 192 valence electrons. The second-order valence-corrected chi connectivity index (χ2v) is 9.42. The molecule has 3 atom stereocenters. The molecule has 0 saturated heterocycles. The van der Waals surface area contributed by atoms with Crippen LogP contribution in [0.5, 0.6) is 0 Å².